The second kappa shape index (κ2) is 4.50. The van der Waals surface area contributed by atoms with Crippen LogP contribution in [0.5, 0.6) is 5.75 Å². The fraction of sp³-hybridized carbons (Fsp3) is 0.700. The van der Waals surface area contributed by atoms with E-state index in [2.05, 4.69) is 26.8 Å². The van der Waals surface area contributed by atoms with Crippen LogP contribution in [-0.2, 0) is 0 Å². The standard InChI is InChI=1S/C20H28O2/c1-12-10-17-15(14-5-4-13(21)11-16(12)14)6-8-20(3)18(22)7-9-19(17,20)2/h4-5,11-12,15,17-18,21-22H,6-10H2,1-3H3/t12-,15+,17+,18?,19-,20+/m0/s1. The molecule has 2 saturated carbocycles. The Labute approximate surface area is 133 Å². The molecule has 0 aliphatic heterocycles. The molecule has 3 aliphatic carbocycles. The van der Waals surface area contributed by atoms with E-state index in [1.165, 1.54) is 24.0 Å². The molecule has 0 radical (unpaired) electrons. The first-order valence-corrected chi connectivity index (χ1v) is 8.88. The molecule has 2 nitrogen and oxygen atoms in total. The molecule has 22 heavy (non-hydrogen) atoms. The van der Waals surface area contributed by atoms with E-state index in [9.17, 15) is 10.2 Å². The number of aliphatic hydroxyl groups is 1. The van der Waals surface area contributed by atoms with E-state index in [0.717, 1.165) is 19.3 Å². The van der Waals surface area contributed by atoms with Gasteiger partial charge >= 0.3 is 0 Å². The number of rotatable bonds is 0. The number of phenolic OH excluding ortho intramolecular Hbond substituents is 1. The van der Waals surface area contributed by atoms with E-state index in [0.29, 0.717) is 23.5 Å². The molecule has 0 bridgehead atoms. The van der Waals surface area contributed by atoms with Crippen LogP contribution in [0.4, 0.5) is 0 Å². The van der Waals surface area contributed by atoms with Crippen LogP contribution >= 0.6 is 0 Å². The Kier molecular flexibility index (Phi) is 2.98. The molecule has 3 aliphatic rings. The summed E-state index contributed by atoms with van der Waals surface area (Å²) in [6, 6.07) is 6.00. The molecule has 1 unspecified atom stereocenters. The number of benzene rings is 1. The van der Waals surface area contributed by atoms with Crippen molar-refractivity contribution in [3.05, 3.63) is 29.3 Å². The van der Waals surface area contributed by atoms with E-state index in [1.807, 2.05) is 12.1 Å². The average molecular weight is 300 g/mol. The monoisotopic (exact) mass is 300 g/mol. The van der Waals surface area contributed by atoms with Gasteiger partial charge < -0.3 is 10.2 Å². The van der Waals surface area contributed by atoms with Crippen molar-refractivity contribution in [1.29, 1.82) is 0 Å². The lowest BCUT2D eigenvalue weighted by atomic mass is 9.47. The zero-order chi connectivity index (χ0) is 15.7. The minimum atomic E-state index is -0.130. The van der Waals surface area contributed by atoms with Crippen molar-refractivity contribution < 1.29 is 10.2 Å². The van der Waals surface area contributed by atoms with Crippen LogP contribution in [0, 0.1) is 16.7 Å². The van der Waals surface area contributed by atoms with E-state index < -0.39 is 0 Å². The molecule has 4 rings (SSSR count). The van der Waals surface area contributed by atoms with Crippen molar-refractivity contribution in [3.8, 4) is 5.75 Å². The van der Waals surface area contributed by atoms with Gasteiger partial charge in [0.1, 0.15) is 5.75 Å². The van der Waals surface area contributed by atoms with Crippen molar-refractivity contribution in [2.45, 2.75) is 70.8 Å². The molecule has 1 aromatic carbocycles. The maximum Gasteiger partial charge on any atom is 0.115 e. The van der Waals surface area contributed by atoms with Gasteiger partial charge in [0.05, 0.1) is 6.10 Å². The fourth-order valence-corrected chi connectivity index (χ4v) is 6.21. The van der Waals surface area contributed by atoms with Gasteiger partial charge in [-0.2, -0.15) is 0 Å². The molecule has 0 spiro atoms. The SMILES string of the molecule is C[C@H]1C[C@@H]2[C@H](CC[C@]3(C)C(O)CC[C@@]23C)c2ccc(O)cc21. The molecular formula is C20H28O2. The Morgan fingerprint density at radius 2 is 1.77 bits per heavy atom. The van der Waals surface area contributed by atoms with Crippen LogP contribution in [0.25, 0.3) is 0 Å². The van der Waals surface area contributed by atoms with E-state index >= 15 is 0 Å². The van der Waals surface area contributed by atoms with Gasteiger partial charge in [-0.05, 0) is 83.9 Å². The Balaban J connectivity index is 1.81. The van der Waals surface area contributed by atoms with Gasteiger partial charge in [0, 0.05) is 0 Å². The number of phenols is 1. The molecule has 2 fully saturated rings. The summed E-state index contributed by atoms with van der Waals surface area (Å²) >= 11 is 0. The van der Waals surface area contributed by atoms with Crippen LogP contribution < -0.4 is 0 Å². The summed E-state index contributed by atoms with van der Waals surface area (Å²) in [7, 11) is 0. The summed E-state index contributed by atoms with van der Waals surface area (Å²) in [5.41, 5.74) is 3.15. The van der Waals surface area contributed by atoms with Gasteiger partial charge in [-0.1, -0.05) is 26.8 Å². The summed E-state index contributed by atoms with van der Waals surface area (Å²) < 4.78 is 0. The van der Waals surface area contributed by atoms with Crippen molar-refractivity contribution in [1.82, 2.24) is 0 Å². The van der Waals surface area contributed by atoms with Crippen LogP contribution in [0.3, 0.4) is 0 Å². The zero-order valence-corrected chi connectivity index (χ0v) is 14.0. The molecule has 0 saturated heterocycles. The van der Waals surface area contributed by atoms with Crippen LogP contribution in [-0.4, -0.2) is 16.3 Å². The van der Waals surface area contributed by atoms with Gasteiger partial charge in [0.2, 0.25) is 0 Å². The van der Waals surface area contributed by atoms with Gasteiger partial charge in [-0.3, -0.25) is 0 Å². The Morgan fingerprint density at radius 3 is 2.55 bits per heavy atom. The summed E-state index contributed by atoms with van der Waals surface area (Å²) in [5.74, 6) is 2.16. The van der Waals surface area contributed by atoms with Crippen LogP contribution in [0.15, 0.2) is 18.2 Å². The third kappa shape index (κ3) is 1.65. The summed E-state index contributed by atoms with van der Waals surface area (Å²) in [4.78, 5) is 0. The van der Waals surface area contributed by atoms with E-state index in [1.54, 1.807) is 0 Å². The largest absolute Gasteiger partial charge is 0.508 e. The first kappa shape index (κ1) is 14.6. The fourth-order valence-electron chi connectivity index (χ4n) is 6.21. The van der Waals surface area contributed by atoms with Crippen molar-refractivity contribution >= 4 is 0 Å². The minimum absolute atomic E-state index is 0.0856. The molecule has 0 aromatic heterocycles. The smallest absolute Gasteiger partial charge is 0.115 e. The molecule has 2 heteroatoms. The lowest BCUT2D eigenvalue weighted by Crippen LogP contribution is -2.51. The van der Waals surface area contributed by atoms with E-state index in [-0.39, 0.29) is 16.9 Å². The number of aliphatic hydroxyl groups excluding tert-OH is 1. The highest BCUT2D eigenvalue weighted by atomic mass is 16.3. The highest BCUT2D eigenvalue weighted by Crippen LogP contribution is 2.68. The lowest BCUT2D eigenvalue weighted by molar-refractivity contribution is -0.0852. The van der Waals surface area contributed by atoms with Gasteiger partial charge in [-0.15, -0.1) is 0 Å². The molecule has 2 N–H and O–H groups in total. The highest BCUT2D eigenvalue weighted by molar-refractivity contribution is 5.42. The number of fused-ring (bicyclic) bond motifs is 5. The molecule has 0 heterocycles. The third-order valence-electron chi connectivity index (χ3n) is 7.86. The Morgan fingerprint density at radius 1 is 1.05 bits per heavy atom. The minimum Gasteiger partial charge on any atom is -0.508 e. The Hall–Kier alpha value is -1.02. The number of hydrogen-bond acceptors (Lipinski definition) is 2. The lowest BCUT2D eigenvalue weighted by Gasteiger charge is -2.57. The van der Waals surface area contributed by atoms with Crippen LogP contribution in [0.1, 0.15) is 75.8 Å². The van der Waals surface area contributed by atoms with Crippen LogP contribution in [0.2, 0.25) is 0 Å². The second-order valence-corrected chi connectivity index (χ2v) is 8.59. The van der Waals surface area contributed by atoms with Crippen molar-refractivity contribution in [3.63, 3.8) is 0 Å². The van der Waals surface area contributed by atoms with Gasteiger partial charge in [-0.25, -0.2) is 0 Å². The topological polar surface area (TPSA) is 40.5 Å². The quantitative estimate of drug-likeness (QED) is 0.737. The second-order valence-electron chi connectivity index (χ2n) is 8.59. The summed E-state index contributed by atoms with van der Waals surface area (Å²) in [6.07, 6.45) is 5.49. The normalized spacial score (nSPS) is 46.7. The maximum absolute atomic E-state index is 10.6. The summed E-state index contributed by atoms with van der Waals surface area (Å²) in [6.45, 7) is 7.07. The summed E-state index contributed by atoms with van der Waals surface area (Å²) in [5, 5.41) is 20.4. The Bertz CT molecular complexity index is 610. The number of hydrogen-bond donors (Lipinski definition) is 2. The third-order valence-corrected chi connectivity index (χ3v) is 7.86. The van der Waals surface area contributed by atoms with E-state index in [4.69, 9.17) is 0 Å². The number of aromatic hydroxyl groups is 1. The molecule has 6 atom stereocenters. The van der Waals surface area contributed by atoms with Gasteiger partial charge in [0.15, 0.2) is 0 Å². The van der Waals surface area contributed by atoms with Crippen molar-refractivity contribution in [2.24, 2.45) is 16.7 Å². The van der Waals surface area contributed by atoms with Gasteiger partial charge in [0.25, 0.3) is 0 Å². The average Bonchev–Trinajstić information content (AvgIpc) is 2.73. The molecule has 120 valence electrons. The molecule has 1 aromatic rings. The predicted octanol–water partition coefficient (Wildman–Crippen LogP) is 4.56. The highest BCUT2D eigenvalue weighted by Gasteiger charge is 2.62. The zero-order valence-electron chi connectivity index (χ0n) is 14.0. The molecule has 0 amide bonds. The first-order valence-electron chi connectivity index (χ1n) is 8.88. The molecular weight excluding hydrogens is 272 g/mol. The first-order chi connectivity index (χ1) is 10.4. The predicted molar refractivity (Wildman–Crippen MR) is 88.1 cm³/mol. The van der Waals surface area contributed by atoms with Crippen molar-refractivity contribution in [2.75, 3.05) is 0 Å². The maximum atomic E-state index is 10.6.